The molecule has 0 bridgehead atoms. The summed E-state index contributed by atoms with van der Waals surface area (Å²) in [5.41, 5.74) is 31.2. The van der Waals surface area contributed by atoms with Gasteiger partial charge in [0.1, 0.15) is 133 Å². The molecule has 70 heteroatoms. The number of rotatable bonds is 56. The van der Waals surface area contributed by atoms with Crippen molar-refractivity contribution < 1.29 is 173 Å². The Bertz CT molecular complexity index is 6400. The summed E-state index contributed by atoms with van der Waals surface area (Å²) >= 11 is 10.1. The zero-order valence-electron chi connectivity index (χ0n) is 82.2. The highest BCUT2D eigenvalue weighted by Crippen LogP contribution is 2.60. The van der Waals surface area contributed by atoms with Crippen LogP contribution < -0.4 is 68.4 Å². The minimum atomic E-state index is -5.99. The molecule has 63 nitrogen and oxygen atoms in total. The van der Waals surface area contributed by atoms with Gasteiger partial charge < -0.3 is 149 Å². The molecule has 6 aliphatic rings. The van der Waals surface area contributed by atoms with Crippen molar-refractivity contribution in [1.29, 1.82) is 0 Å². The number of aliphatic hydroxyl groups is 1. The number of anilines is 6. The van der Waals surface area contributed by atoms with Crippen molar-refractivity contribution in [3.63, 3.8) is 0 Å². The number of aromatic amines is 1. The molecule has 6 aliphatic heterocycles. The number of phosphoric ester groups is 3. The first-order valence-corrected chi connectivity index (χ1v) is 55.5. The second kappa shape index (κ2) is 51.7. The predicted molar refractivity (Wildman–Crippen MR) is 517 cm³/mol. The number of hydrogen-bond donors (Lipinski definition) is 13. The Morgan fingerprint density at radius 2 is 0.624 bits per heavy atom. The fourth-order valence-corrected chi connectivity index (χ4v) is 22.4. The van der Waals surface area contributed by atoms with Crippen LogP contribution in [-0.2, 0) is 161 Å². The molecular weight excluding hydrogens is 2140 g/mol. The van der Waals surface area contributed by atoms with Gasteiger partial charge in [0.25, 0.3) is 5.56 Å². The first kappa shape index (κ1) is 118. The Morgan fingerprint density at radius 3 is 0.940 bits per heavy atom. The number of hydrogen-bond acceptors (Lipinski definition) is 53. The first-order chi connectivity index (χ1) is 70.7. The summed E-state index contributed by atoms with van der Waals surface area (Å²) in [4.78, 5) is 162. The molecular formula is C79H121N20O43P5S2. The Labute approximate surface area is 856 Å². The third kappa shape index (κ3) is 28.9. The third-order valence-electron chi connectivity index (χ3n) is 24.0. The van der Waals surface area contributed by atoms with E-state index in [0.29, 0.717) is 5.56 Å². The Morgan fingerprint density at radius 1 is 0.362 bits per heavy atom. The minimum Gasteiger partial charge on any atom is -0.387 e. The number of nitrogens with one attached hydrogen (secondary N) is 1. The average Bonchev–Trinajstić information content (AvgIpc) is 1.57. The van der Waals surface area contributed by atoms with Gasteiger partial charge in [-0.25, -0.2) is 47.2 Å². The molecule has 0 amide bonds. The van der Waals surface area contributed by atoms with E-state index in [1.165, 1.54) is 106 Å². The number of thiol groups is 1. The number of phosphoric acid groups is 3. The molecule has 29 atom stereocenters. The monoisotopic (exact) mass is 2260 g/mol. The van der Waals surface area contributed by atoms with E-state index in [1.54, 1.807) is 13.8 Å². The van der Waals surface area contributed by atoms with Gasteiger partial charge in [-0.3, -0.25) is 77.9 Å². The molecule has 6 fully saturated rings. The lowest BCUT2D eigenvalue weighted by Gasteiger charge is -2.30. The second-order valence-corrected chi connectivity index (χ2v) is 44.1. The van der Waals surface area contributed by atoms with Crippen molar-refractivity contribution in [2.75, 3.05) is 189 Å². The summed E-state index contributed by atoms with van der Waals surface area (Å²) in [6, 6.07) is 0. The molecule has 18 N–H and O–H groups in total. The molecule has 0 radical (unpaired) electrons. The van der Waals surface area contributed by atoms with E-state index in [0.717, 1.165) is 29.0 Å². The van der Waals surface area contributed by atoms with Crippen molar-refractivity contribution >= 4 is 107 Å². The summed E-state index contributed by atoms with van der Waals surface area (Å²) in [6.45, 7) is -9.21. The van der Waals surface area contributed by atoms with Crippen LogP contribution in [0, 0.1) is 34.6 Å². The number of ether oxygens (including phenoxy) is 18. The van der Waals surface area contributed by atoms with E-state index in [1.807, 2.05) is 0 Å². The van der Waals surface area contributed by atoms with Crippen LogP contribution in [0.25, 0.3) is 11.2 Å². The SMILES string of the molecule is CC[C@H]1O[C@@H](n2cnc3c(=O)[nH]c(N)nc32)[C@@H](OCCOC)C1OP(=O)(O)OC[C@H]1O[C@@H](n2cc(C)c(N)nc2=O)[C@@H](OCCOC)C1OP(=O)(O)OC[C@H]1O[C@@H](n2cc(C)c(N)nc2=O)[C@@H](OCCOC)C1OP(=O)(O)OC[C@H]1O[C@@H](n2cc(C)c(N)nc2=O)[C@@H](OCCOC)C1OP(O)(=S)OC[C@H]1O[C@@H](n2cc(C)c(N)nc2=O)[C@@H](OCCOC)C1OP(=O)(S)OC[C@H]1O[C@@H](n2cc(C)c(N)nc2=O)[C@@H](OCCOC)C1O. The van der Waals surface area contributed by atoms with E-state index < -0.39 is 271 Å². The normalized spacial score (nSPS) is 29.2. The van der Waals surface area contributed by atoms with E-state index >= 15 is 13.7 Å². The van der Waals surface area contributed by atoms with E-state index in [-0.39, 0.29) is 134 Å². The van der Waals surface area contributed by atoms with Crippen LogP contribution in [0.5, 0.6) is 0 Å². The standard InChI is InChI=1S/C79H121N20O43P5S2/c1-13-42-50(56(122-21-15-116-8)73(132-42)99-36-86-48-66(99)92-74(85)93-67(48)101)138-143(107,108)127-32-44-51(57(123-22-16-117-9)69(134-44)95-27-38(3)62(81)88-76(95)103)139-144(109,110)128-33-45-52(58(124-23-17-118-10)70(135-45)96-28-39(4)63(82)89-77(96)104)140-145(111,112)129-34-46-53(59(125-24-18-119-11)71(136-46)97-29-40(5)64(83)90-78(97)105)141-147(114,149)131-35-47-54(60(126-25-19-120-12)72(137-47)98-30-41(6)65(84)91-79(98)106)142-146(113,148)130-31-43-49(100)55(121-20-14-115-7)68(133-43)94-26-37(2)61(80)87-75(94)102/h26-30,36,42-47,49-60,68-73,100H,13-25,31-35H2,1-12H3,(H,107,108)(H,109,110)(H,111,112)(H,113,148)(H,114,149)(H2,80,87,102)(H2,81,88,103)(H2,82,89,104)(H2,83,90,105)(H2,84,91,106)(H3,85,92,93,101)/t42-,43-,44-,45-,46-,47-,49?,50?,51?,52?,53?,54?,55+,56+,57+,58+,59+,60+,68-,69-,70-,71-,72-,73-,146?,147?/m1/s1. The van der Waals surface area contributed by atoms with Gasteiger partial charge in [-0.1, -0.05) is 19.2 Å². The lowest BCUT2D eigenvalue weighted by atomic mass is 10.1. The number of aryl methyl sites for hydroxylation is 5. The van der Waals surface area contributed by atoms with Crippen molar-refractivity contribution in [3.05, 3.63) is 128 Å². The molecule has 13 heterocycles. The Hall–Kier alpha value is -7.85. The molecule has 11 unspecified atom stereocenters. The molecule has 832 valence electrons. The molecule has 0 aromatic carbocycles. The van der Waals surface area contributed by atoms with Gasteiger partial charge in [0.05, 0.1) is 125 Å². The molecule has 7 aromatic heterocycles. The van der Waals surface area contributed by atoms with Crippen molar-refractivity contribution in [2.24, 2.45) is 0 Å². The van der Waals surface area contributed by atoms with Crippen LogP contribution >= 0.6 is 49.2 Å². The maximum Gasteiger partial charge on any atom is 0.472 e. The third-order valence-corrected chi connectivity index (χ3v) is 30.1. The van der Waals surface area contributed by atoms with Gasteiger partial charge in [-0.15, -0.1) is 0 Å². The fraction of sp³-hybridized carbons (Fsp3) is 0.684. The number of methoxy groups -OCH3 is 6. The van der Waals surface area contributed by atoms with Crippen LogP contribution in [-0.4, -0.2) is 357 Å². The van der Waals surface area contributed by atoms with Crippen LogP contribution in [0.1, 0.15) is 78.5 Å². The maximum atomic E-state index is 15.4. The molecule has 0 aliphatic carbocycles. The number of fused-ring (bicyclic) bond motifs is 1. The average molecular weight is 2260 g/mol. The number of aromatic nitrogens is 14. The van der Waals surface area contributed by atoms with Gasteiger partial charge in [0.15, 0.2) is 48.5 Å². The van der Waals surface area contributed by atoms with Crippen LogP contribution in [0.3, 0.4) is 0 Å². The number of nitrogens with two attached hydrogens (primary N) is 6. The largest absolute Gasteiger partial charge is 0.472 e. The zero-order valence-corrected chi connectivity index (χ0v) is 88.4. The highest BCUT2D eigenvalue weighted by atomic mass is 32.7. The zero-order chi connectivity index (χ0) is 108. The summed E-state index contributed by atoms with van der Waals surface area (Å²) in [7, 11) is -9.49. The van der Waals surface area contributed by atoms with Crippen molar-refractivity contribution in [3.8, 4) is 0 Å². The maximum absolute atomic E-state index is 15.4. The number of nitrogens with zero attached hydrogens (tertiary/aromatic N) is 13. The molecule has 149 heavy (non-hydrogen) atoms. The number of aliphatic hydroxyl groups excluding tert-OH is 1. The van der Waals surface area contributed by atoms with Crippen LogP contribution in [0.15, 0.2) is 66.1 Å². The highest BCUT2D eigenvalue weighted by Gasteiger charge is 2.60. The topological polar surface area (TPSA) is 822 Å². The predicted octanol–water partition coefficient (Wildman–Crippen LogP) is -1.65. The molecule has 0 saturated carbocycles. The summed E-state index contributed by atoms with van der Waals surface area (Å²) in [6.07, 6.45) is -33.6. The van der Waals surface area contributed by atoms with E-state index in [2.05, 4.69) is 52.1 Å². The van der Waals surface area contributed by atoms with Gasteiger partial charge in [-0.05, 0) is 52.8 Å². The lowest BCUT2D eigenvalue weighted by Crippen LogP contribution is -2.41. The quantitative estimate of drug-likeness (QED) is 0.0115. The number of imidazole rings is 1. The summed E-state index contributed by atoms with van der Waals surface area (Å²) in [5.74, 6) is -1.32. The van der Waals surface area contributed by atoms with Crippen LogP contribution in [0.2, 0.25) is 0 Å². The van der Waals surface area contributed by atoms with Gasteiger partial charge in [0, 0.05) is 101 Å². The van der Waals surface area contributed by atoms with Crippen molar-refractivity contribution in [1.82, 2.24) is 67.3 Å². The van der Waals surface area contributed by atoms with Gasteiger partial charge >= 0.3 is 65.4 Å². The smallest absolute Gasteiger partial charge is 0.387 e. The van der Waals surface area contributed by atoms with E-state index in [9.17, 15) is 58.0 Å². The Balaban J connectivity index is 0.799. The minimum absolute atomic E-state index is 0.0219. The Kier molecular flexibility index (Phi) is 41.0. The summed E-state index contributed by atoms with van der Waals surface area (Å²) in [5, 5.41) is 11.8. The number of nitrogen functional groups attached to an aromatic ring is 6. The second-order valence-electron chi connectivity index (χ2n) is 34.2. The molecule has 7 aromatic rings. The van der Waals surface area contributed by atoms with Gasteiger partial charge in [0.2, 0.25) is 5.95 Å². The fourth-order valence-electron chi connectivity index (χ4n) is 16.6. The van der Waals surface area contributed by atoms with E-state index in [4.69, 9.17) is 177 Å². The lowest BCUT2D eigenvalue weighted by molar-refractivity contribution is -0.0854. The molecule has 0 spiro atoms. The van der Waals surface area contributed by atoms with Crippen LogP contribution in [0.4, 0.5) is 35.0 Å². The highest BCUT2D eigenvalue weighted by molar-refractivity contribution is 8.44. The summed E-state index contributed by atoms with van der Waals surface area (Å²) < 4.78 is 233. The molecule has 13 rings (SSSR count). The first-order valence-electron chi connectivity index (χ1n) is 45.7. The van der Waals surface area contributed by atoms with Crippen molar-refractivity contribution in [2.45, 2.75) is 195 Å². The number of H-pyrrole nitrogens is 1. The van der Waals surface area contributed by atoms with Gasteiger partial charge in [-0.2, -0.15) is 29.9 Å². The molecule has 6 saturated heterocycles.